The summed E-state index contributed by atoms with van der Waals surface area (Å²) in [5, 5.41) is 9.70. The van der Waals surface area contributed by atoms with Crippen LogP contribution in [0.1, 0.15) is 42.7 Å². The molecule has 2 N–H and O–H groups in total. The Kier molecular flexibility index (Phi) is 3.20. The summed E-state index contributed by atoms with van der Waals surface area (Å²) in [6.45, 7) is 3.23. The number of halogens is 1. The molecular formula is C19H22FN3O3. The summed E-state index contributed by atoms with van der Waals surface area (Å²) in [5.74, 6) is -0.160. The van der Waals surface area contributed by atoms with Crippen molar-refractivity contribution in [3.05, 3.63) is 44.0 Å². The maximum absolute atomic E-state index is 15.0. The van der Waals surface area contributed by atoms with Gasteiger partial charge in [0.2, 0.25) is 0 Å². The Morgan fingerprint density at radius 3 is 2.65 bits per heavy atom. The number of rotatable bonds is 3. The standard InChI is InChI=1S/C19H22FN3O3/c1-10-15(22-6-12(8-24)19(9-22)4-5-19)13(20)7-23-16(10)14(11-2-3-11)17(25)21-18(23)26/h7,11-12,24H,2-6,8-9H2,1H3,(H,21,25,26). The van der Waals surface area contributed by atoms with Crippen LogP contribution in [0.15, 0.2) is 15.8 Å². The normalized spacial score (nSPS) is 24.0. The number of aliphatic hydroxyl groups excluding tert-OH is 1. The van der Waals surface area contributed by atoms with Crippen molar-refractivity contribution in [1.29, 1.82) is 0 Å². The van der Waals surface area contributed by atoms with Gasteiger partial charge in [0.1, 0.15) is 0 Å². The predicted octanol–water partition coefficient (Wildman–Crippen LogP) is 1.52. The fourth-order valence-electron chi connectivity index (χ4n) is 4.86. The van der Waals surface area contributed by atoms with Gasteiger partial charge in [0.25, 0.3) is 5.56 Å². The zero-order valence-electron chi connectivity index (χ0n) is 14.7. The number of aliphatic hydroxyl groups is 1. The minimum absolute atomic E-state index is 0.104. The van der Waals surface area contributed by atoms with Gasteiger partial charge in [0.15, 0.2) is 5.82 Å². The second-order valence-electron chi connectivity index (χ2n) is 8.24. The van der Waals surface area contributed by atoms with Crippen LogP contribution in [-0.2, 0) is 0 Å². The third-order valence-electron chi connectivity index (χ3n) is 6.59. The Morgan fingerprint density at radius 2 is 2.08 bits per heavy atom. The largest absolute Gasteiger partial charge is 0.396 e. The van der Waals surface area contributed by atoms with Crippen LogP contribution < -0.4 is 16.1 Å². The molecule has 1 unspecified atom stereocenters. The van der Waals surface area contributed by atoms with Crippen molar-refractivity contribution < 1.29 is 9.50 Å². The highest BCUT2D eigenvalue weighted by atomic mass is 19.1. The van der Waals surface area contributed by atoms with E-state index < -0.39 is 11.5 Å². The summed E-state index contributed by atoms with van der Waals surface area (Å²) < 4.78 is 16.3. The second kappa shape index (κ2) is 5.19. The van der Waals surface area contributed by atoms with Gasteiger partial charge in [-0.3, -0.25) is 14.2 Å². The summed E-state index contributed by atoms with van der Waals surface area (Å²) in [6, 6.07) is 0. The van der Waals surface area contributed by atoms with E-state index in [1.54, 1.807) is 6.92 Å². The monoisotopic (exact) mass is 359 g/mol. The number of hydrogen-bond donors (Lipinski definition) is 2. The van der Waals surface area contributed by atoms with Gasteiger partial charge < -0.3 is 10.0 Å². The molecule has 3 heterocycles. The lowest BCUT2D eigenvalue weighted by Crippen LogP contribution is -2.31. The quantitative estimate of drug-likeness (QED) is 0.871. The molecule has 26 heavy (non-hydrogen) atoms. The molecule has 0 amide bonds. The van der Waals surface area contributed by atoms with Crippen LogP contribution >= 0.6 is 0 Å². The number of pyridine rings is 1. The minimum atomic E-state index is -0.601. The van der Waals surface area contributed by atoms with Crippen molar-refractivity contribution in [1.82, 2.24) is 9.38 Å². The Hall–Kier alpha value is -2.15. The number of aromatic amines is 1. The molecule has 2 saturated carbocycles. The Morgan fingerprint density at radius 1 is 1.35 bits per heavy atom. The molecule has 0 bridgehead atoms. The smallest absolute Gasteiger partial charge is 0.333 e. The number of anilines is 1. The van der Waals surface area contributed by atoms with Crippen molar-refractivity contribution in [3.63, 3.8) is 0 Å². The van der Waals surface area contributed by atoms with Crippen LogP contribution in [-0.4, -0.2) is 34.2 Å². The molecule has 2 aromatic heterocycles. The van der Waals surface area contributed by atoms with Crippen molar-refractivity contribution in [3.8, 4) is 0 Å². The van der Waals surface area contributed by atoms with Gasteiger partial charge in [-0.15, -0.1) is 0 Å². The number of nitrogens with one attached hydrogen (secondary N) is 1. The first kappa shape index (κ1) is 16.1. The van der Waals surface area contributed by atoms with E-state index in [-0.39, 0.29) is 29.4 Å². The average molecular weight is 359 g/mol. The van der Waals surface area contributed by atoms with Crippen LogP contribution in [0, 0.1) is 24.1 Å². The first-order chi connectivity index (χ1) is 12.4. The zero-order chi connectivity index (χ0) is 18.2. The molecule has 6 nitrogen and oxygen atoms in total. The van der Waals surface area contributed by atoms with Crippen LogP contribution in [0.4, 0.5) is 10.1 Å². The first-order valence-corrected chi connectivity index (χ1v) is 9.28. The van der Waals surface area contributed by atoms with Gasteiger partial charge in [-0.05, 0) is 43.9 Å². The van der Waals surface area contributed by atoms with Gasteiger partial charge in [0.05, 0.1) is 17.4 Å². The number of aromatic nitrogens is 2. The second-order valence-corrected chi connectivity index (χ2v) is 8.24. The van der Waals surface area contributed by atoms with Crippen LogP contribution in [0.5, 0.6) is 0 Å². The first-order valence-electron chi connectivity index (χ1n) is 9.28. The highest BCUT2D eigenvalue weighted by molar-refractivity contribution is 5.72. The van der Waals surface area contributed by atoms with E-state index in [4.69, 9.17) is 0 Å². The van der Waals surface area contributed by atoms with E-state index in [0.29, 0.717) is 28.9 Å². The number of H-pyrrole nitrogens is 1. The van der Waals surface area contributed by atoms with Crippen molar-refractivity contribution in [2.24, 2.45) is 11.3 Å². The van der Waals surface area contributed by atoms with Crippen molar-refractivity contribution in [2.45, 2.75) is 38.5 Å². The minimum Gasteiger partial charge on any atom is -0.396 e. The number of hydrogen-bond acceptors (Lipinski definition) is 4. The van der Waals surface area contributed by atoms with E-state index >= 15 is 4.39 Å². The van der Waals surface area contributed by atoms with Gasteiger partial charge in [-0.1, -0.05) is 0 Å². The Balaban J connectivity index is 1.73. The third-order valence-corrected chi connectivity index (χ3v) is 6.59. The Bertz CT molecular complexity index is 1030. The van der Waals surface area contributed by atoms with Gasteiger partial charge in [-0.25, -0.2) is 9.18 Å². The lowest BCUT2D eigenvalue weighted by atomic mass is 9.94. The fraction of sp³-hybridized carbons (Fsp3) is 0.579. The zero-order valence-corrected chi connectivity index (χ0v) is 14.7. The number of fused-ring (bicyclic) bond motifs is 1. The molecule has 5 rings (SSSR count). The molecule has 2 aromatic rings. The lowest BCUT2D eigenvalue weighted by Gasteiger charge is -2.23. The van der Waals surface area contributed by atoms with Gasteiger partial charge in [0, 0.05) is 36.7 Å². The molecule has 2 aliphatic carbocycles. The van der Waals surface area contributed by atoms with Gasteiger partial charge >= 0.3 is 5.69 Å². The average Bonchev–Trinajstić information content (AvgIpc) is 3.48. The van der Waals surface area contributed by atoms with Crippen molar-refractivity contribution >= 4 is 11.2 Å². The number of aryl methyl sites for hydroxylation is 1. The molecule has 138 valence electrons. The van der Waals surface area contributed by atoms with E-state index in [2.05, 4.69) is 4.98 Å². The maximum atomic E-state index is 15.0. The predicted molar refractivity (Wildman–Crippen MR) is 95.4 cm³/mol. The molecule has 1 spiro atoms. The molecule has 3 fully saturated rings. The molecule has 1 aliphatic heterocycles. The summed E-state index contributed by atoms with van der Waals surface area (Å²) in [7, 11) is 0. The number of nitrogens with zero attached hydrogens (tertiary/aromatic N) is 2. The summed E-state index contributed by atoms with van der Waals surface area (Å²) >= 11 is 0. The maximum Gasteiger partial charge on any atom is 0.333 e. The van der Waals surface area contributed by atoms with Crippen LogP contribution in [0.2, 0.25) is 0 Å². The molecular weight excluding hydrogens is 337 g/mol. The third kappa shape index (κ3) is 2.13. The highest BCUT2D eigenvalue weighted by Gasteiger charge is 2.55. The van der Waals surface area contributed by atoms with E-state index in [0.717, 1.165) is 32.2 Å². The SMILES string of the molecule is Cc1c(N2CC(CO)C3(CC3)C2)c(F)cn2c(=O)[nH]c(=O)c(C3CC3)c12. The van der Waals surface area contributed by atoms with Gasteiger partial charge in [-0.2, -0.15) is 0 Å². The fourth-order valence-corrected chi connectivity index (χ4v) is 4.86. The molecule has 1 saturated heterocycles. The molecule has 1 atom stereocenters. The topological polar surface area (TPSA) is 77.8 Å². The highest BCUT2D eigenvalue weighted by Crippen LogP contribution is 2.57. The van der Waals surface area contributed by atoms with E-state index in [1.165, 1.54) is 10.6 Å². The molecule has 3 aliphatic rings. The van der Waals surface area contributed by atoms with E-state index in [9.17, 15) is 14.7 Å². The molecule has 0 radical (unpaired) electrons. The molecule has 0 aromatic carbocycles. The molecule has 7 heteroatoms. The van der Waals surface area contributed by atoms with Crippen LogP contribution in [0.25, 0.3) is 5.52 Å². The van der Waals surface area contributed by atoms with Crippen LogP contribution in [0.3, 0.4) is 0 Å². The summed E-state index contributed by atoms with van der Waals surface area (Å²) in [4.78, 5) is 29.0. The lowest BCUT2D eigenvalue weighted by molar-refractivity contribution is 0.197. The summed E-state index contributed by atoms with van der Waals surface area (Å²) in [5.41, 5.74) is 1.41. The summed E-state index contributed by atoms with van der Waals surface area (Å²) in [6.07, 6.45) is 5.17. The van der Waals surface area contributed by atoms with E-state index in [1.807, 2.05) is 4.90 Å². The Labute approximate surface area is 149 Å². The van der Waals surface area contributed by atoms with Crippen molar-refractivity contribution in [2.75, 3.05) is 24.6 Å².